The first-order chi connectivity index (χ1) is 4.86. The van der Waals surface area contributed by atoms with Crippen molar-refractivity contribution in [1.29, 1.82) is 0 Å². The van der Waals surface area contributed by atoms with Crippen molar-refractivity contribution < 1.29 is 4.39 Å². The number of halogens is 1. The SMILES string of the molecule is Fc1[c]cc2[nH]ncc2c1. The molecule has 0 spiro atoms. The van der Waals surface area contributed by atoms with E-state index < -0.39 is 0 Å². The zero-order chi connectivity index (χ0) is 6.97. The molecule has 1 aromatic heterocycles. The summed E-state index contributed by atoms with van der Waals surface area (Å²) in [6, 6.07) is 5.35. The van der Waals surface area contributed by atoms with Gasteiger partial charge in [0.2, 0.25) is 0 Å². The number of aromatic amines is 1. The number of benzene rings is 1. The van der Waals surface area contributed by atoms with Gasteiger partial charge in [0.05, 0.1) is 11.7 Å². The summed E-state index contributed by atoms with van der Waals surface area (Å²) in [4.78, 5) is 0. The highest BCUT2D eigenvalue weighted by Crippen LogP contribution is 2.10. The van der Waals surface area contributed by atoms with E-state index in [9.17, 15) is 4.39 Å². The molecule has 1 heterocycles. The van der Waals surface area contributed by atoms with Crippen molar-refractivity contribution >= 4 is 10.9 Å². The van der Waals surface area contributed by atoms with Gasteiger partial charge in [0.1, 0.15) is 5.82 Å². The van der Waals surface area contributed by atoms with Gasteiger partial charge in [0, 0.05) is 11.5 Å². The first-order valence-corrected chi connectivity index (χ1v) is 2.86. The standard InChI is InChI=1S/C7H4FN2/c8-6-1-2-7-5(3-6)4-9-10-7/h2-4H,(H,9,10). The minimum absolute atomic E-state index is 0.353. The minimum atomic E-state index is -0.353. The lowest BCUT2D eigenvalue weighted by Gasteiger charge is -1.85. The fraction of sp³-hybridized carbons (Fsp3) is 0. The molecule has 2 nitrogen and oxygen atoms in total. The Morgan fingerprint density at radius 2 is 2.50 bits per heavy atom. The van der Waals surface area contributed by atoms with Crippen LogP contribution in [-0.2, 0) is 0 Å². The summed E-state index contributed by atoms with van der Waals surface area (Å²) >= 11 is 0. The summed E-state index contributed by atoms with van der Waals surface area (Å²) in [5.74, 6) is -0.353. The molecule has 0 aliphatic heterocycles. The van der Waals surface area contributed by atoms with Crippen LogP contribution < -0.4 is 0 Å². The van der Waals surface area contributed by atoms with E-state index in [2.05, 4.69) is 16.3 Å². The maximum absolute atomic E-state index is 12.4. The quantitative estimate of drug-likeness (QED) is 0.582. The molecule has 0 unspecified atom stereocenters. The van der Waals surface area contributed by atoms with Crippen LogP contribution in [0.15, 0.2) is 18.3 Å². The lowest BCUT2D eigenvalue weighted by molar-refractivity contribution is 0.627. The van der Waals surface area contributed by atoms with Gasteiger partial charge in [0.25, 0.3) is 0 Å². The predicted molar refractivity (Wildman–Crippen MR) is 34.9 cm³/mol. The van der Waals surface area contributed by atoms with E-state index in [4.69, 9.17) is 0 Å². The molecule has 0 bridgehead atoms. The lowest BCUT2D eigenvalue weighted by atomic mass is 10.2. The molecule has 2 rings (SSSR count). The number of fused-ring (bicyclic) bond motifs is 1. The van der Waals surface area contributed by atoms with Gasteiger partial charge in [-0.05, 0) is 12.1 Å². The summed E-state index contributed by atoms with van der Waals surface area (Å²) in [5.41, 5.74) is 0.807. The van der Waals surface area contributed by atoms with Crippen molar-refractivity contribution in [3.05, 3.63) is 30.2 Å². The molecule has 1 N–H and O–H groups in total. The molecule has 1 radical (unpaired) electrons. The van der Waals surface area contributed by atoms with Gasteiger partial charge >= 0.3 is 0 Å². The summed E-state index contributed by atoms with van der Waals surface area (Å²) in [7, 11) is 0. The highest BCUT2D eigenvalue weighted by Gasteiger charge is 1.95. The van der Waals surface area contributed by atoms with E-state index in [1.807, 2.05) is 0 Å². The average Bonchev–Trinajstić information content (AvgIpc) is 2.33. The Bertz CT molecular complexity index is 353. The minimum Gasteiger partial charge on any atom is -0.278 e. The average molecular weight is 135 g/mol. The van der Waals surface area contributed by atoms with Crippen molar-refractivity contribution in [2.45, 2.75) is 0 Å². The number of aromatic nitrogens is 2. The third-order valence-corrected chi connectivity index (χ3v) is 1.34. The number of nitrogens with zero attached hydrogens (tertiary/aromatic N) is 1. The van der Waals surface area contributed by atoms with Crippen LogP contribution in [0.3, 0.4) is 0 Å². The molecule has 0 aliphatic rings. The number of rotatable bonds is 0. The normalized spacial score (nSPS) is 10.5. The van der Waals surface area contributed by atoms with Crippen molar-refractivity contribution in [1.82, 2.24) is 10.2 Å². The summed E-state index contributed by atoms with van der Waals surface area (Å²) in [6.07, 6.45) is 1.58. The van der Waals surface area contributed by atoms with Gasteiger partial charge in [-0.25, -0.2) is 4.39 Å². The third kappa shape index (κ3) is 0.673. The predicted octanol–water partition coefficient (Wildman–Crippen LogP) is 1.50. The number of hydrogen-bond acceptors (Lipinski definition) is 1. The van der Waals surface area contributed by atoms with Crippen LogP contribution in [0.2, 0.25) is 0 Å². The van der Waals surface area contributed by atoms with Gasteiger partial charge in [0.15, 0.2) is 0 Å². The molecular formula is C7H4FN2. The Hall–Kier alpha value is -1.38. The van der Waals surface area contributed by atoms with Crippen LogP contribution in [0.25, 0.3) is 10.9 Å². The Morgan fingerprint density at radius 3 is 3.40 bits per heavy atom. The summed E-state index contributed by atoms with van der Waals surface area (Å²) in [5, 5.41) is 7.20. The zero-order valence-corrected chi connectivity index (χ0v) is 5.06. The van der Waals surface area contributed by atoms with E-state index >= 15 is 0 Å². The van der Waals surface area contributed by atoms with Crippen molar-refractivity contribution in [3.63, 3.8) is 0 Å². The van der Waals surface area contributed by atoms with E-state index in [0.29, 0.717) is 0 Å². The first kappa shape index (κ1) is 5.41. The highest BCUT2D eigenvalue weighted by molar-refractivity contribution is 5.77. The molecule has 0 atom stereocenters. The van der Waals surface area contributed by atoms with Gasteiger partial charge in [-0.3, -0.25) is 5.10 Å². The van der Waals surface area contributed by atoms with E-state index in [0.717, 1.165) is 10.9 Å². The molecule has 0 fully saturated rings. The maximum Gasteiger partial charge on any atom is 0.131 e. The Morgan fingerprint density at radius 1 is 1.60 bits per heavy atom. The molecule has 0 saturated heterocycles. The molecule has 0 saturated carbocycles. The van der Waals surface area contributed by atoms with Crippen LogP contribution >= 0.6 is 0 Å². The first-order valence-electron chi connectivity index (χ1n) is 2.86. The molecular weight excluding hydrogens is 131 g/mol. The highest BCUT2D eigenvalue weighted by atomic mass is 19.1. The number of H-pyrrole nitrogens is 1. The number of hydrogen-bond donors (Lipinski definition) is 1. The third-order valence-electron chi connectivity index (χ3n) is 1.34. The zero-order valence-electron chi connectivity index (χ0n) is 5.06. The summed E-state index contributed by atoms with van der Waals surface area (Å²) in [6.45, 7) is 0. The van der Waals surface area contributed by atoms with Crippen molar-refractivity contribution in [2.24, 2.45) is 0 Å². The van der Waals surface area contributed by atoms with Gasteiger partial charge in [-0.2, -0.15) is 5.10 Å². The van der Waals surface area contributed by atoms with E-state index in [-0.39, 0.29) is 5.82 Å². The van der Waals surface area contributed by atoms with E-state index in [1.165, 1.54) is 12.1 Å². The second-order valence-electron chi connectivity index (χ2n) is 2.02. The molecule has 49 valence electrons. The van der Waals surface area contributed by atoms with Crippen LogP contribution in [0.4, 0.5) is 4.39 Å². The lowest BCUT2D eigenvalue weighted by Crippen LogP contribution is -1.72. The second kappa shape index (κ2) is 1.80. The van der Waals surface area contributed by atoms with Gasteiger partial charge in [-0.15, -0.1) is 0 Å². The molecule has 2 aromatic rings. The Kier molecular flexibility index (Phi) is 0.974. The van der Waals surface area contributed by atoms with Crippen molar-refractivity contribution in [2.75, 3.05) is 0 Å². The van der Waals surface area contributed by atoms with Crippen LogP contribution in [0, 0.1) is 11.9 Å². The van der Waals surface area contributed by atoms with E-state index in [1.54, 1.807) is 6.20 Å². The topological polar surface area (TPSA) is 28.7 Å². The largest absolute Gasteiger partial charge is 0.278 e. The second-order valence-corrected chi connectivity index (χ2v) is 2.02. The monoisotopic (exact) mass is 135 g/mol. The summed E-state index contributed by atoms with van der Waals surface area (Å²) < 4.78 is 12.4. The van der Waals surface area contributed by atoms with Gasteiger partial charge in [-0.1, -0.05) is 0 Å². The van der Waals surface area contributed by atoms with Crippen LogP contribution in [0.1, 0.15) is 0 Å². The van der Waals surface area contributed by atoms with Crippen molar-refractivity contribution in [3.8, 4) is 0 Å². The molecule has 0 amide bonds. The van der Waals surface area contributed by atoms with Crippen LogP contribution in [-0.4, -0.2) is 10.2 Å². The molecule has 3 heteroatoms. The molecule has 1 aromatic carbocycles. The fourth-order valence-corrected chi connectivity index (χ4v) is 0.855. The van der Waals surface area contributed by atoms with Gasteiger partial charge < -0.3 is 0 Å². The smallest absolute Gasteiger partial charge is 0.131 e. The number of nitrogens with one attached hydrogen (secondary N) is 1. The molecule has 10 heavy (non-hydrogen) atoms. The Labute approximate surface area is 56.7 Å². The fourth-order valence-electron chi connectivity index (χ4n) is 0.855. The Balaban J connectivity index is 2.86. The molecule has 0 aliphatic carbocycles. The van der Waals surface area contributed by atoms with Crippen LogP contribution in [0.5, 0.6) is 0 Å². The maximum atomic E-state index is 12.4.